The summed E-state index contributed by atoms with van der Waals surface area (Å²) < 4.78 is 0. The van der Waals surface area contributed by atoms with Crippen molar-refractivity contribution in [2.45, 2.75) is 57.8 Å². The molecule has 1 aliphatic carbocycles. The van der Waals surface area contributed by atoms with E-state index in [9.17, 15) is 0 Å². The fourth-order valence-corrected chi connectivity index (χ4v) is 4.69. The van der Waals surface area contributed by atoms with Crippen LogP contribution in [-0.4, -0.2) is 0 Å². The topological polar surface area (TPSA) is 0 Å². The number of fused-ring (bicyclic) bond motifs is 1. The molecule has 1 saturated carbocycles. The van der Waals surface area contributed by atoms with Crippen LogP contribution in [0.5, 0.6) is 0 Å². The van der Waals surface area contributed by atoms with Crippen molar-refractivity contribution in [2.75, 3.05) is 0 Å². The van der Waals surface area contributed by atoms with E-state index >= 15 is 0 Å². The summed E-state index contributed by atoms with van der Waals surface area (Å²) in [5.74, 6) is 1.01. The van der Waals surface area contributed by atoms with E-state index < -0.39 is 0 Å². The highest BCUT2D eigenvalue weighted by atomic mass is 14.2. The molecule has 136 valence electrons. The van der Waals surface area contributed by atoms with Crippen molar-refractivity contribution in [2.24, 2.45) is 5.92 Å². The number of aryl methyl sites for hydroxylation is 1. The van der Waals surface area contributed by atoms with Crippen molar-refractivity contribution in [3.8, 4) is 11.1 Å². The molecule has 0 atom stereocenters. The summed E-state index contributed by atoms with van der Waals surface area (Å²) >= 11 is 0. The summed E-state index contributed by atoms with van der Waals surface area (Å²) in [7, 11) is 0. The summed E-state index contributed by atoms with van der Waals surface area (Å²) in [5.41, 5.74) is 4.31. The number of benzene rings is 3. The predicted molar refractivity (Wildman–Crippen MR) is 116 cm³/mol. The molecule has 0 radical (unpaired) electrons. The molecule has 0 spiro atoms. The number of rotatable bonds is 6. The molecule has 4 rings (SSSR count). The molecule has 0 unspecified atom stereocenters. The molecule has 1 aliphatic rings. The van der Waals surface area contributed by atoms with E-state index in [4.69, 9.17) is 0 Å². The Kier molecular flexibility index (Phi) is 5.69. The van der Waals surface area contributed by atoms with Gasteiger partial charge < -0.3 is 0 Å². The van der Waals surface area contributed by atoms with Crippen LogP contribution in [0.3, 0.4) is 0 Å². The van der Waals surface area contributed by atoms with Crippen molar-refractivity contribution in [3.63, 3.8) is 0 Å². The van der Waals surface area contributed by atoms with Gasteiger partial charge in [0, 0.05) is 1.43 Å². The molecular weight excluding hydrogens is 312 g/mol. The van der Waals surface area contributed by atoms with Crippen molar-refractivity contribution >= 4 is 10.8 Å². The molecule has 0 aromatic heterocycles. The first-order chi connectivity index (χ1) is 12.9. The standard InChI is InChI=1S/C26H30.H2/c1-2-11-21(12-3-1)13-4-5-14-22-15-6-8-18-24(22)26-20-10-17-23-16-7-9-19-25(23)26;/h6-10,15-21H,1-5,11-14H2;1H. The molecule has 0 N–H and O–H groups in total. The molecule has 0 bridgehead atoms. The van der Waals surface area contributed by atoms with Crippen LogP contribution in [0.1, 0.15) is 58.4 Å². The molecule has 3 aromatic rings. The fraction of sp³-hybridized carbons (Fsp3) is 0.385. The summed E-state index contributed by atoms with van der Waals surface area (Å²) in [6.07, 6.45) is 12.7. The number of hydrogen-bond donors (Lipinski definition) is 0. The fourth-order valence-electron chi connectivity index (χ4n) is 4.69. The molecule has 1 fully saturated rings. The average molecular weight is 345 g/mol. The quantitative estimate of drug-likeness (QED) is 0.397. The normalized spacial score (nSPS) is 15.4. The molecule has 26 heavy (non-hydrogen) atoms. The largest absolute Gasteiger partial charge is 0.0620 e. The Labute approximate surface area is 159 Å². The van der Waals surface area contributed by atoms with E-state index in [-0.39, 0.29) is 1.43 Å². The third kappa shape index (κ3) is 4.01. The molecule has 0 amide bonds. The van der Waals surface area contributed by atoms with Crippen molar-refractivity contribution in [3.05, 3.63) is 72.3 Å². The number of hydrogen-bond acceptors (Lipinski definition) is 0. The highest BCUT2D eigenvalue weighted by molar-refractivity contribution is 5.97. The highest BCUT2D eigenvalue weighted by Crippen LogP contribution is 2.32. The monoisotopic (exact) mass is 344 g/mol. The van der Waals surface area contributed by atoms with Crippen LogP contribution < -0.4 is 0 Å². The minimum Gasteiger partial charge on any atom is -0.0620 e. The lowest BCUT2D eigenvalue weighted by Gasteiger charge is -2.21. The van der Waals surface area contributed by atoms with Crippen LogP contribution in [0.25, 0.3) is 21.9 Å². The highest BCUT2D eigenvalue weighted by Gasteiger charge is 2.13. The van der Waals surface area contributed by atoms with Gasteiger partial charge in [-0.2, -0.15) is 0 Å². The maximum Gasteiger partial charge on any atom is 0 e. The third-order valence-electron chi connectivity index (χ3n) is 6.13. The minimum absolute atomic E-state index is 0. The second-order valence-corrected chi connectivity index (χ2v) is 7.93. The lowest BCUT2D eigenvalue weighted by atomic mass is 9.85. The summed E-state index contributed by atoms with van der Waals surface area (Å²) in [6.45, 7) is 0. The van der Waals surface area contributed by atoms with E-state index in [1.807, 2.05) is 0 Å². The second kappa shape index (κ2) is 8.54. The maximum atomic E-state index is 2.33. The zero-order valence-corrected chi connectivity index (χ0v) is 15.8. The van der Waals surface area contributed by atoms with Crippen LogP contribution in [0.4, 0.5) is 0 Å². The van der Waals surface area contributed by atoms with Gasteiger partial charge in [-0.3, -0.25) is 0 Å². The van der Waals surface area contributed by atoms with Gasteiger partial charge in [-0.15, -0.1) is 0 Å². The van der Waals surface area contributed by atoms with Gasteiger partial charge in [0.1, 0.15) is 0 Å². The zero-order valence-electron chi connectivity index (χ0n) is 15.8. The van der Waals surface area contributed by atoms with Gasteiger partial charge in [-0.25, -0.2) is 0 Å². The Morgan fingerprint density at radius 3 is 2.35 bits per heavy atom. The Hall–Kier alpha value is -2.08. The molecule has 0 heterocycles. The van der Waals surface area contributed by atoms with Gasteiger partial charge in [0.05, 0.1) is 0 Å². The summed E-state index contributed by atoms with van der Waals surface area (Å²) in [5, 5.41) is 2.70. The van der Waals surface area contributed by atoms with Gasteiger partial charge in [-0.05, 0) is 46.2 Å². The third-order valence-corrected chi connectivity index (χ3v) is 6.13. The van der Waals surface area contributed by atoms with Gasteiger partial charge in [0.15, 0.2) is 0 Å². The maximum absolute atomic E-state index is 2.33. The van der Waals surface area contributed by atoms with Crippen molar-refractivity contribution in [1.82, 2.24) is 0 Å². The molecule has 0 aliphatic heterocycles. The van der Waals surface area contributed by atoms with E-state index in [1.54, 1.807) is 0 Å². The SMILES string of the molecule is [HH].c1ccc(-c2cccc3ccccc23)c(CCCCC2CCCCC2)c1. The Balaban J connectivity index is 0.00000210. The van der Waals surface area contributed by atoms with Crippen LogP contribution >= 0.6 is 0 Å². The first-order valence-corrected chi connectivity index (χ1v) is 10.5. The van der Waals surface area contributed by atoms with Gasteiger partial charge >= 0.3 is 0 Å². The van der Waals surface area contributed by atoms with Crippen LogP contribution in [0, 0.1) is 5.92 Å². The van der Waals surface area contributed by atoms with Gasteiger partial charge in [0.2, 0.25) is 0 Å². The van der Waals surface area contributed by atoms with Crippen LogP contribution in [-0.2, 0) is 6.42 Å². The Morgan fingerprint density at radius 2 is 1.42 bits per heavy atom. The summed E-state index contributed by atoms with van der Waals surface area (Å²) in [4.78, 5) is 0. The Bertz CT molecular complexity index is 840. The number of unbranched alkanes of at least 4 members (excludes halogenated alkanes) is 1. The lowest BCUT2D eigenvalue weighted by molar-refractivity contribution is 0.330. The van der Waals surface area contributed by atoms with Crippen molar-refractivity contribution < 1.29 is 1.43 Å². The average Bonchev–Trinajstić information content (AvgIpc) is 2.72. The van der Waals surface area contributed by atoms with Crippen LogP contribution in [0.15, 0.2) is 66.7 Å². The predicted octanol–water partition coefficient (Wildman–Crippen LogP) is 8.05. The lowest BCUT2D eigenvalue weighted by Crippen LogP contribution is -2.06. The summed E-state index contributed by atoms with van der Waals surface area (Å²) in [6, 6.07) is 24.5. The van der Waals surface area contributed by atoms with Gasteiger partial charge in [0.25, 0.3) is 0 Å². The van der Waals surface area contributed by atoms with E-state index in [0.717, 1.165) is 5.92 Å². The van der Waals surface area contributed by atoms with E-state index in [2.05, 4.69) is 66.7 Å². The smallest absolute Gasteiger partial charge is 0 e. The molecule has 0 saturated heterocycles. The molecule has 0 nitrogen and oxygen atoms in total. The van der Waals surface area contributed by atoms with Gasteiger partial charge in [-0.1, -0.05) is 112 Å². The first kappa shape index (κ1) is 17.3. The Morgan fingerprint density at radius 1 is 0.692 bits per heavy atom. The van der Waals surface area contributed by atoms with Crippen LogP contribution in [0.2, 0.25) is 0 Å². The first-order valence-electron chi connectivity index (χ1n) is 10.5. The van der Waals surface area contributed by atoms with E-state index in [0.29, 0.717) is 0 Å². The van der Waals surface area contributed by atoms with Crippen molar-refractivity contribution in [1.29, 1.82) is 0 Å². The second-order valence-electron chi connectivity index (χ2n) is 7.93. The molecule has 0 heteroatoms. The molecule has 3 aromatic carbocycles. The minimum atomic E-state index is 0. The van der Waals surface area contributed by atoms with E-state index in [1.165, 1.54) is 85.3 Å². The molecular formula is C26H32. The zero-order chi connectivity index (χ0) is 17.6.